The number of halogens is 1. The Hall–Kier alpha value is -3.61. The molecule has 3 aromatic rings. The fraction of sp³-hybridized carbons (Fsp3) is 0.517. The molecule has 4 aliphatic heterocycles. The van der Waals surface area contributed by atoms with E-state index in [1.54, 1.807) is 12.1 Å². The summed E-state index contributed by atoms with van der Waals surface area (Å²) in [5.74, 6) is 1.37. The third-order valence-electron chi connectivity index (χ3n) is 9.03. The van der Waals surface area contributed by atoms with Crippen LogP contribution in [0.1, 0.15) is 43.4 Å². The maximum atomic E-state index is 15.1. The van der Waals surface area contributed by atoms with E-state index in [0.29, 0.717) is 55.1 Å². The van der Waals surface area contributed by atoms with Crippen LogP contribution >= 0.6 is 0 Å². The number of nitrogens with one attached hydrogen (secondary N) is 3. The van der Waals surface area contributed by atoms with Gasteiger partial charge in [-0.15, -0.1) is 0 Å². The van der Waals surface area contributed by atoms with Crippen LogP contribution in [-0.2, 0) is 22.5 Å². The van der Waals surface area contributed by atoms with Crippen LogP contribution in [0.4, 0.5) is 10.2 Å². The number of nitrogens with zero attached hydrogens (tertiary/aromatic N) is 3. The summed E-state index contributed by atoms with van der Waals surface area (Å²) >= 11 is 0. The summed E-state index contributed by atoms with van der Waals surface area (Å²) in [5, 5.41) is 9.73. The van der Waals surface area contributed by atoms with Gasteiger partial charge in [-0.3, -0.25) is 9.78 Å². The number of hydrogen-bond acceptors (Lipinski definition) is 10. The standard InChI is InChI=1S/C29H34FN7O4/c30-19-14-33-20-2-4-23(40-15-21-24(31)27(38)36-21)37-25(20)18(19)5-6-29-9-7-28(8-10-29,16-41-29)34-13-17-1-3-22-26(35-17)32-11-12-39-22/h1-4,14,21,24,34H,5-13,15-16,31H2,(H,32,35)(H,36,38)/t21-,24-,28?,29?/m1/s1. The molecule has 5 N–H and O–H groups in total. The Bertz CT molecular complexity index is 1460. The molecule has 7 heterocycles. The van der Waals surface area contributed by atoms with E-state index in [9.17, 15) is 4.79 Å². The summed E-state index contributed by atoms with van der Waals surface area (Å²) in [6.45, 7) is 2.90. The van der Waals surface area contributed by atoms with Crippen LogP contribution in [0.3, 0.4) is 0 Å². The Labute approximate surface area is 236 Å². The maximum absolute atomic E-state index is 15.1. The topological polar surface area (TPSA) is 146 Å². The van der Waals surface area contributed by atoms with E-state index in [-0.39, 0.29) is 35.5 Å². The van der Waals surface area contributed by atoms with E-state index in [4.69, 9.17) is 24.9 Å². The number of aromatic nitrogens is 3. The van der Waals surface area contributed by atoms with Gasteiger partial charge in [0.2, 0.25) is 11.8 Å². The molecule has 4 fully saturated rings. The molecule has 41 heavy (non-hydrogen) atoms. The summed E-state index contributed by atoms with van der Waals surface area (Å²) in [6, 6.07) is 6.60. The minimum absolute atomic E-state index is 0.0753. The number of anilines is 1. The van der Waals surface area contributed by atoms with Crippen molar-refractivity contribution in [1.29, 1.82) is 0 Å². The molecule has 0 radical (unpaired) electrons. The van der Waals surface area contributed by atoms with Crippen LogP contribution in [0.5, 0.6) is 11.6 Å². The Kier molecular flexibility index (Phi) is 6.63. The van der Waals surface area contributed by atoms with Gasteiger partial charge in [-0.2, -0.15) is 0 Å². The fourth-order valence-electron chi connectivity index (χ4n) is 6.28. The van der Waals surface area contributed by atoms with Crippen LogP contribution in [0.15, 0.2) is 30.5 Å². The average molecular weight is 564 g/mol. The number of carbonyl (C=O) groups excluding carboxylic acids is 1. The molecule has 2 bridgehead atoms. The molecule has 216 valence electrons. The largest absolute Gasteiger partial charge is 0.488 e. The van der Waals surface area contributed by atoms with E-state index >= 15 is 4.39 Å². The monoisotopic (exact) mass is 563 g/mol. The molecule has 2 atom stereocenters. The predicted molar refractivity (Wildman–Crippen MR) is 148 cm³/mol. The normalized spacial score (nSPS) is 28.3. The molecule has 11 nitrogen and oxygen atoms in total. The smallest absolute Gasteiger partial charge is 0.239 e. The van der Waals surface area contributed by atoms with Crippen molar-refractivity contribution in [3.05, 3.63) is 47.5 Å². The van der Waals surface area contributed by atoms with Gasteiger partial charge in [0.05, 0.1) is 47.7 Å². The molecule has 12 heteroatoms. The van der Waals surface area contributed by atoms with Crippen molar-refractivity contribution >= 4 is 22.8 Å². The average Bonchev–Trinajstić information content (AvgIpc) is 3.02. The zero-order valence-corrected chi connectivity index (χ0v) is 22.7. The number of ether oxygens (including phenoxy) is 3. The first-order chi connectivity index (χ1) is 19.9. The first-order valence-electron chi connectivity index (χ1n) is 14.3. The molecule has 5 aliphatic rings. The Morgan fingerprint density at radius 3 is 2.83 bits per heavy atom. The number of pyridine rings is 3. The van der Waals surface area contributed by atoms with Crippen molar-refractivity contribution in [3.63, 3.8) is 0 Å². The van der Waals surface area contributed by atoms with Crippen molar-refractivity contribution < 1.29 is 23.4 Å². The number of aryl methyl sites for hydroxylation is 1. The van der Waals surface area contributed by atoms with Crippen molar-refractivity contribution in [2.75, 3.05) is 31.7 Å². The van der Waals surface area contributed by atoms with Crippen molar-refractivity contribution in [1.82, 2.24) is 25.6 Å². The highest BCUT2D eigenvalue weighted by atomic mass is 19.1. The van der Waals surface area contributed by atoms with E-state index in [2.05, 4.69) is 25.9 Å². The molecule has 0 spiro atoms. The van der Waals surface area contributed by atoms with Crippen molar-refractivity contribution in [3.8, 4) is 11.6 Å². The highest BCUT2D eigenvalue weighted by molar-refractivity contribution is 5.89. The van der Waals surface area contributed by atoms with Crippen LogP contribution in [0, 0.1) is 5.82 Å². The van der Waals surface area contributed by atoms with Gasteiger partial charge < -0.3 is 35.9 Å². The Morgan fingerprint density at radius 1 is 1.17 bits per heavy atom. The van der Waals surface area contributed by atoms with Crippen LogP contribution in [0.2, 0.25) is 0 Å². The molecular weight excluding hydrogens is 529 g/mol. The summed E-state index contributed by atoms with van der Waals surface area (Å²) < 4.78 is 33.0. The summed E-state index contributed by atoms with van der Waals surface area (Å²) in [5.41, 5.74) is 8.01. The minimum Gasteiger partial charge on any atom is -0.488 e. The van der Waals surface area contributed by atoms with Gasteiger partial charge in [-0.25, -0.2) is 14.4 Å². The number of rotatable bonds is 9. The summed E-state index contributed by atoms with van der Waals surface area (Å²) in [4.78, 5) is 24.8. The van der Waals surface area contributed by atoms with Gasteiger partial charge in [0, 0.05) is 23.7 Å². The molecule has 1 amide bonds. The number of carbonyl (C=O) groups is 1. The zero-order valence-electron chi connectivity index (χ0n) is 22.7. The van der Waals surface area contributed by atoms with Gasteiger partial charge in [0.1, 0.15) is 25.1 Å². The second-order valence-corrected chi connectivity index (χ2v) is 11.6. The van der Waals surface area contributed by atoms with Crippen molar-refractivity contribution in [2.45, 2.75) is 68.3 Å². The lowest BCUT2D eigenvalue weighted by Gasteiger charge is -2.53. The minimum atomic E-state index is -0.586. The van der Waals surface area contributed by atoms with E-state index < -0.39 is 6.04 Å². The lowest BCUT2D eigenvalue weighted by Crippen LogP contribution is -2.68. The second kappa shape index (κ2) is 10.3. The lowest BCUT2D eigenvalue weighted by molar-refractivity contribution is -0.165. The number of β-lactam (4-membered cyclic amide) rings is 1. The first kappa shape index (κ1) is 26.3. The SMILES string of the molecule is N[C@H]1C(=O)N[C@@H]1COc1ccc2ncc(F)c(CCC34CCC(NCc5ccc6c(n5)NCCO6)(CC3)CO4)c2n1. The van der Waals surface area contributed by atoms with Gasteiger partial charge in [-0.1, -0.05) is 0 Å². The van der Waals surface area contributed by atoms with Crippen LogP contribution in [0.25, 0.3) is 11.0 Å². The Balaban J connectivity index is 0.982. The second-order valence-electron chi connectivity index (χ2n) is 11.6. The number of fused-ring (bicyclic) bond motifs is 5. The van der Waals surface area contributed by atoms with Crippen LogP contribution < -0.4 is 31.2 Å². The van der Waals surface area contributed by atoms with E-state index in [1.807, 2.05) is 12.1 Å². The molecule has 8 rings (SSSR count). The Morgan fingerprint density at radius 2 is 2.05 bits per heavy atom. The first-order valence-corrected chi connectivity index (χ1v) is 14.3. The third-order valence-corrected chi connectivity index (χ3v) is 9.03. The number of amides is 1. The quantitative estimate of drug-likeness (QED) is 0.285. The van der Waals surface area contributed by atoms with Gasteiger partial charge in [-0.05, 0) is 56.7 Å². The molecule has 1 saturated carbocycles. The zero-order chi connectivity index (χ0) is 28.0. The highest BCUT2D eigenvalue weighted by Gasteiger charge is 2.49. The van der Waals surface area contributed by atoms with Gasteiger partial charge in [0.25, 0.3) is 0 Å². The van der Waals surface area contributed by atoms with Crippen LogP contribution in [-0.4, -0.2) is 70.4 Å². The van der Waals surface area contributed by atoms with Gasteiger partial charge in [0.15, 0.2) is 11.6 Å². The van der Waals surface area contributed by atoms with Crippen molar-refractivity contribution in [2.24, 2.45) is 5.73 Å². The van der Waals surface area contributed by atoms with Gasteiger partial charge >= 0.3 is 0 Å². The number of hydrogen-bond donors (Lipinski definition) is 4. The molecule has 1 aliphatic carbocycles. The lowest BCUT2D eigenvalue weighted by atomic mass is 9.69. The molecule has 0 unspecified atom stereocenters. The maximum Gasteiger partial charge on any atom is 0.239 e. The van der Waals surface area contributed by atoms with E-state index in [1.165, 1.54) is 6.20 Å². The highest BCUT2D eigenvalue weighted by Crippen LogP contribution is 2.46. The summed E-state index contributed by atoms with van der Waals surface area (Å²) in [7, 11) is 0. The predicted octanol–water partition coefficient (Wildman–Crippen LogP) is 1.98. The fourth-order valence-corrected chi connectivity index (χ4v) is 6.28. The molecular formula is C29H34FN7O4. The molecule has 3 saturated heterocycles. The number of nitrogens with two attached hydrogens (primary N) is 1. The molecule has 3 aromatic heterocycles. The third kappa shape index (κ3) is 5.04. The molecule has 0 aromatic carbocycles. The summed E-state index contributed by atoms with van der Waals surface area (Å²) in [6.07, 6.45) is 6.25. The van der Waals surface area contributed by atoms with E-state index in [0.717, 1.165) is 49.5 Å².